The third kappa shape index (κ3) is 4.02. The van der Waals surface area contributed by atoms with Crippen molar-refractivity contribution in [2.24, 2.45) is 0 Å². The van der Waals surface area contributed by atoms with E-state index >= 15 is 0 Å². The van der Waals surface area contributed by atoms with E-state index in [1.54, 1.807) is 35.7 Å². The van der Waals surface area contributed by atoms with Gasteiger partial charge >= 0.3 is 0 Å². The molecule has 0 radical (unpaired) electrons. The van der Waals surface area contributed by atoms with Gasteiger partial charge in [-0.15, -0.1) is 11.3 Å². The van der Waals surface area contributed by atoms with Gasteiger partial charge in [0, 0.05) is 23.1 Å². The second-order valence-corrected chi connectivity index (χ2v) is 6.06. The number of carbonyl (C=O) groups excluding carboxylic acids is 1. The quantitative estimate of drug-likeness (QED) is 0.761. The summed E-state index contributed by atoms with van der Waals surface area (Å²) >= 11 is 1.35. The molecule has 0 spiro atoms. The molecule has 1 amide bonds. The average Bonchev–Trinajstić information content (AvgIpc) is 3.02. The van der Waals surface area contributed by atoms with E-state index in [4.69, 9.17) is 0 Å². The Morgan fingerprint density at radius 2 is 1.96 bits per heavy atom. The first-order valence-corrected chi connectivity index (χ1v) is 8.20. The summed E-state index contributed by atoms with van der Waals surface area (Å²) in [5.74, 6) is -0.916. The summed E-state index contributed by atoms with van der Waals surface area (Å²) < 4.78 is 26.7. The van der Waals surface area contributed by atoms with Crippen molar-refractivity contribution in [3.63, 3.8) is 0 Å². The molecule has 3 aromatic rings. The van der Waals surface area contributed by atoms with Crippen LogP contribution in [0.1, 0.15) is 11.3 Å². The van der Waals surface area contributed by atoms with Crippen LogP contribution in [0.2, 0.25) is 0 Å². The molecule has 0 saturated heterocycles. The maximum Gasteiger partial charge on any atom is 0.226 e. The van der Waals surface area contributed by atoms with Crippen LogP contribution in [-0.4, -0.2) is 10.9 Å². The van der Waals surface area contributed by atoms with Crippen LogP contribution in [0.4, 0.5) is 8.78 Å². The van der Waals surface area contributed by atoms with E-state index in [0.717, 1.165) is 0 Å². The first-order valence-electron chi connectivity index (χ1n) is 7.32. The molecule has 0 fully saturated rings. The third-order valence-corrected chi connectivity index (χ3v) is 4.34. The molecule has 0 aliphatic carbocycles. The Balaban J connectivity index is 1.60. The largest absolute Gasteiger partial charge is 0.352 e. The minimum Gasteiger partial charge on any atom is -0.352 e. The van der Waals surface area contributed by atoms with Crippen LogP contribution < -0.4 is 5.32 Å². The monoisotopic (exact) mass is 344 g/mol. The van der Waals surface area contributed by atoms with Gasteiger partial charge in [0.1, 0.15) is 16.6 Å². The van der Waals surface area contributed by atoms with Crippen molar-refractivity contribution in [2.75, 3.05) is 0 Å². The molecule has 0 atom stereocenters. The highest BCUT2D eigenvalue weighted by molar-refractivity contribution is 7.13. The van der Waals surface area contributed by atoms with Crippen molar-refractivity contribution < 1.29 is 13.6 Å². The summed E-state index contributed by atoms with van der Waals surface area (Å²) in [4.78, 5) is 16.3. The molecule has 0 saturated carbocycles. The molecule has 0 aliphatic rings. The van der Waals surface area contributed by atoms with Crippen molar-refractivity contribution in [3.8, 4) is 10.6 Å². The highest BCUT2D eigenvalue weighted by atomic mass is 32.1. The fourth-order valence-electron chi connectivity index (χ4n) is 2.20. The SMILES string of the molecule is O=C(Cc1csc(-c2cccc(F)c2)n1)NCc1ccccc1F. The van der Waals surface area contributed by atoms with E-state index in [0.29, 0.717) is 21.8 Å². The number of amides is 1. The van der Waals surface area contributed by atoms with Gasteiger partial charge in [-0.25, -0.2) is 13.8 Å². The molecule has 0 bridgehead atoms. The Bertz CT molecular complexity index is 863. The van der Waals surface area contributed by atoms with Gasteiger partial charge in [0.25, 0.3) is 0 Å². The van der Waals surface area contributed by atoms with E-state index < -0.39 is 0 Å². The van der Waals surface area contributed by atoms with Crippen LogP contribution in [0, 0.1) is 11.6 Å². The normalized spacial score (nSPS) is 10.6. The molecule has 1 heterocycles. The van der Waals surface area contributed by atoms with Crippen LogP contribution in [0.3, 0.4) is 0 Å². The number of aromatic nitrogens is 1. The van der Waals surface area contributed by atoms with Crippen molar-refractivity contribution in [3.05, 3.63) is 76.8 Å². The number of thiazole rings is 1. The predicted octanol–water partition coefficient (Wildman–Crippen LogP) is 3.95. The molecule has 3 rings (SSSR count). The number of hydrogen-bond donors (Lipinski definition) is 1. The molecular weight excluding hydrogens is 330 g/mol. The van der Waals surface area contributed by atoms with Gasteiger partial charge in [-0.1, -0.05) is 30.3 Å². The van der Waals surface area contributed by atoms with Gasteiger partial charge in [0.05, 0.1) is 12.1 Å². The number of nitrogens with one attached hydrogen (secondary N) is 1. The Labute approximate surface area is 142 Å². The van der Waals surface area contributed by atoms with E-state index in [1.165, 1.54) is 29.5 Å². The van der Waals surface area contributed by atoms with E-state index in [2.05, 4.69) is 10.3 Å². The zero-order valence-corrected chi connectivity index (χ0v) is 13.4. The van der Waals surface area contributed by atoms with Crippen molar-refractivity contribution >= 4 is 17.2 Å². The van der Waals surface area contributed by atoms with Crippen molar-refractivity contribution in [2.45, 2.75) is 13.0 Å². The molecule has 2 aromatic carbocycles. The van der Waals surface area contributed by atoms with E-state index in [-0.39, 0.29) is 30.5 Å². The number of carbonyl (C=O) groups is 1. The number of benzene rings is 2. The van der Waals surface area contributed by atoms with Gasteiger partial charge in [-0.05, 0) is 18.2 Å². The average molecular weight is 344 g/mol. The summed E-state index contributed by atoms with van der Waals surface area (Å²) in [6.07, 6.45) is 0.0975. The van der Waals surface area contributed by atoms with Crippen LogP contribution in [0.25, 0.3) is 10.6 Å². The van der Waals surface area contributed by atoms with Crippen molar-refractivity contribution in [1.82, 2.24) is 10.3 Å². The van der Waals surface area contributed by atoms with Crippen LogP contribution in [-0.2, 0) is 17.8 Å². The van der Waals surface area contributed by atoms with Crippen LogP contribution >= 0.6 is 11.3 Å². The summed E-state index contributed by atoms with van der Waals surface area (Å²) in [5, 5.41) is 5.10. The lowest BCUT2D eigenvalue weighted by Gasteiger charge is -2.05. The van der Waals surface area contributed by atoms with Gasteiger partial charge in [0.2, 0.25) is 5.91 Å². The zero-order chi connectivity index (χ0) is 16.9. The second-order valence-electron chi connectivity index (χ2n) is 5.20. The summed E-state index contributed by atoms with van der Waals surface area (Å²) in [7, 11) is 0. The molecule has 0 aliphatic heterocycles. The topological polar surface area (TPSA) is 42.0 Å². The highest BCUT2D eigenvalue weighted by Gasteiger charge is 2.10. The first-order chi connectivity index (χ1) is 11.6. The molecule has 122 valence electrons. The van der Waals surface area contributed by atoms with Crippen LogP contribution in [0.15, 0.2) is 53.9 Å². The molecule has 1 N–H and O–H groups in total. The first kappa shape index (κ1) is 16.3. The van der Waals surface area contributed by atoms with Crippen molar-refractivity contribution in [1.29, 1.82) is 0 Å². The number of halogens is 2. The summed E-state index contributed by atoms with van der Waals surface area (Å²) in [6.45, 7) is 0.131. The van der Waals surface area contributed by atoms with Gasteiger partial charge in [0.15, 0.2) is 0 Å². The third-order valence-electron chi connectivity index (χ3n) is 3.40. The Hall–Kier alpha value is -2.60. The number of hydrogen-bond acceptors (Lipinski definition) is 3. The number of nitrogens with zero attached hydrogens (tertiary/aromatic N) is 1. The standard InChI is InChI=1S/C18H14F2N2OS/c19-14-6-3-5-12(8-14)18-22-15(11-24-18)9-17(23)21-10-13-4-1-2-7-16(13)20/h1-8,11H,9-10H2,(H,21,23). The van der Waals surface area contributed by atoms with Gasteiger partial charge in [-0.2, -0.15) is 0 Å². The minimum absolute atomic E-state index is 0.0975. The van der Waals surface area contributed by atoms with Gasteiger partial charge in [-0.3, -0.25) is 4.79 Å². The van der Waals surface area contributed by atoms with E-state index in [1.807, 2.05) is 0 Å². The van der Waals surface area contributed by atoms with Gasteiger partial charge < -0.3 is 5.32 Å². The Morgan fingerprint density at radius 1 is 1.12 bits per heavy atom. The lowest BCUT2D eigenvalue weighted by atomic mass is 10.2. The molecular formula is C18H14F2N2OS. The summed E-state index contributed by atoms with van der Waals surface area (Å²) in [5.41, 5.74) is 1.72. The molecule has 0 unspecified atom stereocenters. The maximum atomic E-state index is 13.5. The maximum absolute atomic E-state index is 13.5. The molecule has 24 heavy (non-hydrogen) atoms. The minimum atomic E-state index is -0.347. The lowest BCUT2D eigenvalue weighted by Crippen LogP contribution is -2.25. The summed E-state index contributed by atoms with van der Waals surface area (Å²) in [6, 6.07) is 12.5. The fourth-order valence-corrected chi connectivity index (χ4v) is 3.02. The predicted molar refractivity (Wildman–Crippen MR) is 89.5 cm³/mol. The zero-order valence-electron chi connectivity index (χ0n) is 12.6. The lowest BCUT2D eigenvalue weighted by molar-refractivity contribution is -0.120. The van der Waals surface area contributed by atoms with E-state index in [9.17, 15) is 13.6 Å². The fraction of sp³-hybridized carbons (Fsp3) is 0.111. The molecule has 1 aromatic heterocycles. The molecule has 3 nitrogen and oxygen atoms in total. The smallest absolute Gasteiger partial charge is 0.226 e. The van der Waals surface area contributed by atoms with Crippen LogP contribution in [0.5, 0.6) is 0 Å². The second kappa shape index (κ2) is 7.31. The highest BCUT2D eigenvalue weighted by Crippen LogP contribution is 2.24. The Morgan fingerprint density at radius 3 is 2.75 bits per heavy atom. The number of rotatable bonds is 5. The Kier molecular flexibility index (Phi) is 4.96. The molecule has 6 heteroatoms.